The molecule has 1 unspecified atom stereocenters. The Labute approximate surface area is 143 Å². The fraction of sp³-hybridized carbons (Fsp3) is 0.421. The van der Waals surface area contributed by atoms with Crippen molar-refractivity contribution >= 4 is 11.7 Å². The van der Waals surface area contributed by atoms with Crippen LogP contribution in [0.2, 0.25) is 0 Å². The van der Waals surface area contributed by atoms with E-state index in [9.17, 15) is 4.79 Å². The van der Waals surface area contributed by atoms with Gasteiger partial charge in [-0.2, -0.15) is 0 Å². The smallest absolute Gasteiger partial charge is 0.223 e. The highest BCUT2D eigenvalue weighted by Crippen LogP contribution is 2.22. The predicted octanol–water partition coefficient (Wildman–Crippen LogP) is 2.86. The monoisotopic (exact) mass is 324 g/mol. The number of amides is 1. The summed E-state index contributed by atoms with van der Waals surface area (Å²) in [5.41, 5.74) is 3.25. The summed E-state index contributed by atoms with van der Waals surface area (Å²) in [7, 11) is 0. The minimum atomic E-state index is 0.234. The van der Waals surface area contributed by atoms with Crippen LogP contribution < -0.4 is 5.32 Å². The zero-order valence-electron chi connectivity index (χ0n) is 14.5. The van der Waals surface area contributed by atoms with Gasteiger partial charge >= 0.3 is 0 Å². The van der Waals surface area contributed by atoms with E-state index in [1.807, 2.05) is 43.9 Å². The van der Waals surface area contributed by atoms with Gasteiger partial charge in [-0.25, -0.2) is 9.97 Å². The molecule has 0 radical (unpaired) electrons. The van der Waals surface area contributed by atoms with Crippen molar-refractivity contribution in [1.82, 2.24) is 14.9 Å². The molecule has 5 nitrogen and oxygen atoms in total. The van der Waals surface area contributed by atoms with Gasteiger partial charge in [0, 0.05) is 43.2 Å². The number of aryl methyl sites for hydroxylation is 2. The molecule has 1 aromatic heterocycles. The van der Waals surface area contributed by atoms with Crippen LogP contribution in [0.5, 0.6) is 0 Å². The van der Waals surface area contributed by atoms with Gasteiger partial charge in [0.05, 0.1) is 0 Å². The van der Waals surface area contributed by atoms with Gasteiger partial charge in [0.1, 0.15) is 11.6 Å². The first-order valence-electron chi connectivity index (χ1n) is 8.40. The second kappa shape index (κ2) is 6.99. The van der Waals surface area contributed by atoms with E-state index in [1.54, 1.807) is 0 Å². The molecular weight excluding hydrogens is 300 g/mol. The number of benzene rings is 1. The van der Waals surface area contributed by atoms with Crippen molar-refractivity contribution in [2.75, 3.05) is 18.4 Å². The number of rotatable bonds is 5. The second-order valence-electron chi connectivity index (χ2n) is 6.54. The van der Waals surface area contributed by atoms with Crippen molar-refractivity contribution in [3.8, 4) is 0 Å². The fourth-order valence-electron chi connectivity index (χ4n) is 3.13. The lowest BCUT2D eigenvalue weighted by Gasteiger charge is -2.17. The lowest BCUT2D eigenvalue weighted by molar-refractivity contribution is -0.128. The number of nitrogens with zero attached hydrogens (tertiary/aromatic N) is 3. The molecule has 1 aliphatic heterocycles. The summed E-state index contributed by atoms with van der Waals surface area (Å²) >= 11 is 0. The summed E-state index contributed by atoms with van der Waals surface area (Å²) in [6, 6.07) is 10.1. The molecule has 3 rings (SSSR count). The summed E-state index contributed by atoms with van der Waals surface area (Å²) in [5, 5.41) is 3.41. The Kier molecular flexibility index (Phi) is 4.79. The van der Waals surface area contributed by atoms with Gasteiger partial charge in [0.2, 0.25) is 5.91 Å². The van der Waals surface area contributed by atoms with Gasteiger partial charge in [-0.05, 0) is 26.3 Å². The summed E-state index contributed by atoms with van der Waals surface area (Å²) in [5.74, 6) is 2.20. The van der Waals surface area contributed by atoms with Gasteiger partial charge in [0.15, 0.2) is 0 Å². The largest absolute Gasteiger partial charge is 0.369 e. The molecule has 1 aliphatic rings. The molecule has 1 saturated heterocycles. The van der Waals surface area contributed by atoms with E-state index < -0.39 is 0 Å². The highest BCUT2D eigenvalue weighted by atomic mass is 16.2. The van der Waals surface area contributed by atoms with Crippen molar-refractivity contribution in [1.29, 1.82) is 0 Å². The van der Waals surface area contributed by atoms with Gasteiger partial charge in [0.25, 0.3) is 0 Å². The van der Waals surface area contributed by atoms with Crippen molar-refractivity contribution in [2.45, 2.75) is 33.7 Å². The third kappa shape index (κ3) is 3.72. The van der Waals surface area contributed by atoms with Gasteiger partial charge in [-0.3, -0.25) is 4.79 Å². The number of aromatic nitrogens is 2. The number of nitrogens with one attached hydrogen (secondary N) is 1. The van der Waals surface area contributed by atoms with Crippen LogP contribution in [0.1, 0.15) is 29.1 Å². The number of hydrogen-bond acceptors (Lipinski definition) is 4. The molecule has 24 heavy (non-hydrogen) atoms. The first-order valence-corrected chi connectivity index (χ1v) is 8.40. The van der Waals surface area contributed by atoms with Crippen LogP contribution in [-0.2, 0) is 11.3 Å². The standard InChI is InChI=1S/C19H24N4O/c1-13-14(2)21-15(3)22-19(13)20-10-17-9-18(24)23(12-17)11-16-7-5-4-6-8-16/h4-8,17H,9-12H2,1-3H3,(H,20,21,22). The van der Waals surface area contributed by atoms with E-state index in [-0.39, 0.29) is 5.91 Å². The Balaban J connectivity index is 1.59. The molecule has 0 bridgehead atoms. The zero-order valence-corrected chi connectivity index (χ0v) is 14.5. The first-order chi connectivity index (χ1) is 11.5. The maximum atomic E-state index is 12.2. The quantitative estimate of drug-likeness (QED) is 0.919. The van der Waals surface area contributed by atoms with Crippen LogP contribution >= 0.6 is 0 Å². The minimum Gasteiger partial charge on any atom is -0.369 e. The third-order valence-electron chi connectivity index (χ3n) is 4.57. The molecule has 1 atom stereocenters. The van der Waals surface area contributed by atoms with Crippen molar-refractivity contribution < 1.29 is 4.79 Å². The van der Waals surface area contributed by atoms with E-state index in [0.717, 1.165) is 36.0 Å². The Morgan fingerprint density at radius 2 is 1.92 bits per heavy atom. The summed E-state index contributed by atoms with van der Waals surface area (Å²) in [6.45, 7) is 8.17. The molecule has 1 amide bonds. The molecule has 2 aromatic rings. The second-order valence-corrected chi connectivity index (χ2v) is 6.54. The van der Waals surface area contributed by atoms with Crippen LogP contribution in [-0.4, -0.2) is 33.9 Å². The number of hydrogen-bond donors (Lipinski definition) is 1. The van der Waals surface area contributed by atoms with Crippen molar-refractivity contribution in [3.63, 3.8) is 0 Å². The highest BCUT2D eigenvalue weighted by molar-refractivity contribution is 5.78. The lowest BCUT2D eigenvalue weighted by Crippen LogP contribution is -2.25. The minimum absolute atomic E-state index is 0.234. The number of carbonyl (C=O) groups is 1. The van der Waals surface area contributed by atoms with Gasteiger partial charge in [-0.1, -0.05) is 30.3 Å². The average Bonchev–Trinajstić information content (AvgIpc) is 2.90. The molecule has 1 N–H and O–H groups in total. The topological polar surface area (TPSA) is 58.1 Å². The normalized spacial score (nSPS) is 17.4. The van der Waals surface area contributed by atoms with E-state index in [2.05, 4.69) is 27.4 Å². The molecule has 0 saturated carbocycles. The molecule has 2 heterocycles. The summed E-state index contributed by atoms with van der Waals surface area (Å²) < 4.78 is 0. The first kappa shape index (κ1) is 16.4. The van der Waals surface area contributed by atoms with Crippen LogP contribution in [0.25, 0.3) is 0 Å². The molecule has 126 valence electrons. The maximum Gasteiger partial charge on any atom is 0.223 e. The van der Waals surface area contributed by atoms with Crippen LogP contribution in [0.4, 0.5) is 5.82 Å². The number of likely N-dealkylation sites (tertiary alicyclic amines) is 1. The molecule has 1 aromatic carbocycles. The maximum absolute atomic E-state index is 12.2. The van der Waals surface area contributed by atoms with Gasteiger partial charge in [-0.15, -0.1) is 0 Å². The number of carbonyl (C=O) groups excluding carboxylic acids is 1. The third-order valence-corrected chi connectivity index (χ3v) is 4.57. The Bertz CT molecular complexity index is 730. The molecular formula is C19H24N4O. The van der Waals surface area contributed by atoms with E-state index in [4.69, 9.17) is 0 Å². The van der Waals surface area contributed by atoms with Crippen LogP contribution in [0.3, 0.4) is 0 Å². The molecule has 0 spiro atoms. The zero-order chi connectivity index (χ0) is 17.1. The van der Waals surface area contributed by atoms with E-state index in [0.29, 0.717) is 18.9 Å². The molecule has 5 heteroatoms. The molecule has 0 aliphatic carbocycles. The van der Waals surface area contributed by atoms with Gasteiger partial charge < -0.3 is 10.2 Å². The van der Waals surface area contributed by atoms with E-state index in [1.165, 1.54) is 5.56 Å². The Morgan fingerprint density at radius 1 is 1.17 bits per heavy atom. The average molecular weight is 324 g/mol. The summed E-state index contributed by atoms with van der Waals surface area (Å²) in [6.07, 6.45) is 0.599. The highest BCUT2D eigenvalue weighted by Gasteiger charge is 2.29. The van der Waals surface area contributed by atoms with E-state index >= 15 is 0 Å². The van der Waals surface area contributed by atoms with Crippen molar-refractivity contribution in [2.24, 2.45) is 5.92 Å². The Hall–Kier alpha value is -2.43. The van der Waals surface area contributed by atoms with Crippen molar-refractivity contribution in [3.05, 3.63) is 53.0 Å². The SMILES string of the molecule is Cc1nc(C)c(C)c(NCC2CC(=O)N(Cc3ccccc3)C2)n1. The fourth-order valence-corrected chi connectivity index (χ4v) is 3.13. The Morgan fingerprint density at radius 3 is 2.67 bits per heavy atom. The number of anilines is 1. The molecule has 1 fully saturated rings. The predicted molar refractivity (Wildman–Crippen MR) is 94.7 cm³/mol. The van der Waals surface area contributed by atoms with Crippen LogP contribution in [0.15, 0.2) is 30.3 Å². The summed E-state index contributed by atoms with van der Waals surface area (Å²) in [4.78, 5) is 23.0. The lowest BCUT2D eigenvalue weighted by atomic mass is 10.1. The van der Waals surface area contributed by atoms with Crippen LogP contribution in [0, 0.1) is 26.7 Å².